The van der Waals surface area contributed by atoms with Crippen molar-refractivity contribution in [2.24, 2.45) is 5.92 Å². The molecule has 0 aromatic heterocycles. The van der Waals surface area contributed by atoms with Crippen molar-refractivity contribution in [2.75, 3.05) is 51.8 Å². The highest BCUT2D eigenvalue weighted by atomic mass is 16.5. The molecule has 1 aromatic rings. The molecule has 1 fully saturated rings. The van der Waals surface area contributed by atoms with Gasteiger partial charge >= 0.3 is 0 Å². The lowest BCUT2D eigenvalue weighted by Gasteiger charge is -2.20. The molecule has 0 unspecified atom stereocenters. The predicted octanol–water partition coefficient (Wildman–Crippen LogP) is 0.488. The zero-order valence-corrected chi connectivity index (χ0v) is 16.8. The first-order chi connectivity index (χ1) is 13.0. The average molecular weight is 378 g/mol. The molecule has 0 radical (unpaired) electrons. The van der Waals surface area contributed by atoms with E-state index in [9.17, 15) is 9.59 Å². The van der Waals surface area contributed by atoms with Gasteiger partial charge in [0.1, 0.15) is 11.5 Å². The fourth-order valence-electron chi connectivity index (χ4n) is 3.42. The van der Waals surface area contributed by atoms with Gasteiger partial charge in [0.15, 0.2) is 0 Å². The number of benzene rings is 1. The van der Waals surface area contributed by atoms with Crippen molar-refractivity contribution >= 4 is 17.5 Å². The first-order valence-electron chi connectivity index (χ1n) is 9.67. The molecule has 1 aromatic carbocycles. The summed E-state index contributed by atoms with van der Waals surface area (Å²) in [5, 5.41) is 2.99. The highest BCUT2D eigenvalue weighted by Crippen LogP contribution is 2.35. The molecule has 0 spiro atoms. The van der Waals surface area contributed by atoms with Crippen LogP contribution in [0.25, 0.3) is 0 Å². The van der Waals surface area contributed by atoms with Gasteiger partial charge in [0.05, 0.1) is 45.5 Å². The van der Waals surface area contributed by atoms with Gasteiger partial charge in [-0.3, -0.25) is 9.59 Å². The Morgan fingerprint density at radius 1 is 1.26 bits per heavy atom. The topological polar surface area (TPSA) is 72.3 Å². The fraction of sp³-hybridized carbons (Fsp3) is 0.600. The van der Waals surface area contributed by atoms with Gasteiger partial charge in [0, 0.05) is 32.0 Å². The summed E-state index contributed by atoms with van der Waals surface area (Å²) in [5.41, 5.74) is 0.670. The summed E-state index contributed by atoms with van der Waals surface area (Å²) in [6.45, 7) is 8.60. The molecule has 2 N–H and O–H groups in total. The van der Waals surface area contributed by atoms with Crippen molar-refractivity contribution < 1.29 is 24.0 Å². The van der Waals surface area contributed by atoms with Gasteiger partial charge in [-0.1, -0.05) is 0 Å². The Balaban J connectivity index is 1.92. The zero-order valence-electron chi connectivity index (χ0n) is 16.8. The number of methoxy groups -OCH3 is 2. The maximum Gasteiger partial charge on any atom is 0.227 e. The van der Waals surface area contributed by atoms with E-state index in [4.69, 9.17) is 9.47 Å². The van der Waals surface area contributed by atoms with Crippen molar-refractivity contribution in [2.45, 2.75) is 26.7 Å². The van der Waals surface area contributed by atoms with Crippen molar-refractivity contribution in [3.05, 3.63) is 18.2 Å². The van der Waals surface area contributed by atoms with Crippen molar-refractivity contribution in [1.82, 2.24) is 5.32 Å². The Labute approximate surface area is 161 Å². The van der Waals surface area contributed by atoms with E-state index in [1.807, 2.05) is 0 Å². The van der Waals surface area contributed by atoms with E-state index in [2.05, 4.69) is 19.2 Å². The van der Waals surface area contributed by atoms with E-state index in [1.54, 1.807) is 37.3 Å². The van der Waals surface area contributed by atoms with Crippen LogP contribution >= 0.6 is 0 Å². The van der Waals surface area contributed by atoms with Crippen LogP contribution in [0.15, 0.2) is 18.2 Å². The molecule has 0 saturated carbocycles. The third-order valence-electron chi connectivity index (χ3n) is 5.18. The van der Waals surface area contributed by atoms with Gasteiger partial charge in [0.25, 0.3) is 0 Å². The maximum absolute atomic E-state index is 12.5. The van der Waals surface area contributed by atoms with E-state index in [-0.39, 0.29) is 24.2 Å². The van der Waals surface area contributed by atoms with Gasteiger partial charge in [-0.25, -0.2) is 0 Å². The largest absolute Gasteiger partial charge is 0.497 e. The minimum absolute atomic E-state index is 0.0483. The van der Waals surface area contributed by atoms with Crippen LogP contribution in [0.3, 0.4) is 0 Å². The molecule has 1 aliphatic heterocycles. The van der Waals surface area contributed by atoms with Gasteiger partial charge in [-0.05, 0) is 26.0 Å². The smallest absolute Gasteiger partial charge is 0.227 e. The van der Waals surface area contributed by atoms with Crippen LogP contribution in [-0.2, 0) is 9.59 Å². The van der Waals surface area contributed by atoms with Crippen LogP contribution in [-0.4, -0.2) is 58.8 Å². The monoisotopic (exact) mass is 378 g/mol. The molecule has 0 aliphatic carbocycles. The first-order valence-corrected chi connectivity index (χ1v) is 9.67. The molecular formula is C20H32N3O4+. The maximum atomic E-state index is 12.5. The van der Waals surface area contributed by atoms with E-state index < -0.39 is 0 Å². The van der Waals surface area contributed by atoms with E-state index >= 15 is 0 Å². The number of amides is 2. The minimum Gasteiger partial charge on any atom is -0.497 e. The second-order valence-electron chi connectivity index (χ2n) is 6.79. The Morgan fingerprint density at radius 2 is 2.00 bits per heavy atom. The summed E-state index contributed by atoms with van der Waals surface area (Å²) in [4.78, 5) is 28.1. The van der Waals surface area contributed by atoms with Gasteiger partial charge in [0.2, 0.25) is 11.8 Å². The number of rotatable bonds is 10. The van der Waals surface area contributed by atoms with E-state index in [1.165, 1.54) is 4.90 Å². The highest BCUT2D eigenvalue weighted by molar-refractivity contribution is 6.01. The Hall–Kier alpha value is -2.28. The molecule has 1 aliphatic rings. The lowest BCUT2D eigenvalue weighted by atomic mass is 10.1. The van der Waals surface area contributed by atoms with Gasteiger partial charge in [-0.15, -0.1) is 0 Å². The van der Waals surface area contributed by atoms with Crippen molar-refractivity contribution in [3.8, 4) is 11.5 Å². The lowest BCUT2D eigenvalue weighted by molar-refractivity contribution is -0.896. The number of carbonyl (C=O) groups excluding carboxylic acids is 2. The van der Waals surface area contributed by atoms with Crippen LogP contribution in [0.4, 0.5) is 5.69 Å². The Kier molecular flexibility index (Phi) is 7.91. The molecular weight excluding hydrogens is 346 g/mol. The molecule has 1 heterocycles. The number of quaternary nitrogens is 1. The van der Waals surface area contributed by atoms with Crippen LogP contribution in [0.5, 0.6) is 11.5 Å². The summed E-state index contributed by atoms with van der Waals surface area (Å²) in [6, 6.07) is 5.32. The van der Waals surface area contributed by atoms with Crippen LogP contribution in [0.1, 0.15) is 26.7 Å². The van der Waals surface area contributed by atoms with Crippen molar-refractivity contribution in [1.29, 1.82) is 0 Å². The summed E-state index contributed by atoms with van der Waals surface area (Å²) < 4.78 is 10.6. The van der Waals surface area contributed by atoms with Gasteiger partial charge < -0.3 is 24.6 Å². The van der Waals surface area contributed by atoms with E-state index in [0.29, 0.717) is 30.3 Å². The summed E-state index contributed by atoms with van der Waals surface area (Å²) in [7, 11) is 3.14. The number of ether oxygens (including phenoxy) is 2. The molecule has 1 atom stereocenters. The van der Waals surface area contributed by atoms with Crippen molar-refractivity contribution in [3.63, 3.8) is 0 Å². The Bertz CT molecular complexity index is 646. The predicted molar refractivity (Wildman–Crippen MR) is 105 cm³/mol. The molecule has 27 heavy (non-hydrogen) atoms. The van der Waals surface area contributed by atoms with Crippen LogP contribution < -0.4 is 24.6 Å². The lowest BCUT2D eigenvalue weighted by Crippen LogP contribution is -3.11. The van der Waals surface area contributed by atoms with Crippen LogP contribution in [0.2, 0.25) is 0 Å². The third-order valence-corrected chi connectivity index (χ3v) is 5.18. The second kappa shape index (κ2) is 10.2. The second-order valence-corrected chi connectivity index (χ2v) is 6.79. The quantitative estimate of drug-likeness (QED) is 0.581. The molecule has 2 amide bonds. The summed E-state index contributed by atoms with van der Waals surface area (Å²) in [5.74, 6) is 0.780. The number of hydrogen-bond donors (Lipinski definition) is 2. The normalized spacial score (nSPS) is 16.7. The summed E-state index contributed by atoms with van der Waals surface area (Å²) >= 11 is 0. The first kappa shape index (κ1) is 21.0. The fourth-order valence-corrected chi connectivity index (χ4v) is 3.42. The van der Waals surface area contributed by atoms with Gasteiger partial charge in [-0.2, -0.15) is 0 Å². The molecule has 2 rings (SSSR count). The molecule has 7 nitrogen and oxygen atoms in total. The number of hydrogen-bond acceptors (Lipinski definition) is 4. The Morgan fingerprint density at radius 3 is 2.63 bits per heavy atom. The van der Waals surface area contributed by atoms with Crippen LogP contribution in [0, 0.1) is 5.92 Å². The number of carbonyl (C=O) groups is 2. The SMILES string of the molecule is CC[NH+](CC)CCCNC(=O)[C@H]1CC(=O)N(c2ccc(OC)cc2OC)C1. The minimum atomic E-state index is -0.329. The summed E-state index contributed by atoms with van der Waals surface area (Å²) in [6.07, 6.45) is 1.17. The molecule has 150 valence electrons. The standard InChI is InChI=1S/C20H31N3O4/c1-5-22(6-2)11-7-10-21-20(25)15-12-19(24)23(14-15)17-9-8-16(26-3)13-18(17)27-4/h8-9,13,15H,5-7,10-12,14H2,1-4H3,(H,21,25)/p+1/t15-/m0/s1. The molecule has 1 saturated heterocycles. The third kappa shape index (κ3) is 5.35. The van der Waals surface area contributed by atoms with E-state index in [0.717, 1.165) is 26.1 Å². The number of nitrogens with one attached hydrogen (secondary N) is 2. The zero-order chi connectivity index (χ0) is 19.8. The molecule has 0 bridgehead atoms. The number of anilines is 1. The number of nitrogens with zero attached hydrogens (tertiary/aromatic N) is 1. The highest BCUT2D eigenvalue weighted by Gasteiger charge is 2.36. The average Bonchev–Trinajstić information content (AvgIpc) is 3.08. The molecule has 7 heteroatoms.